The van der Waals surface area contributed by atoms with E-state index in [0.717, 1.165) is 36.0 Å². The molecule has 1 aromatic carbocycles. The summed E-state index contributed by atoms with van der Waals surface area (Å²) in [6.45, 7) is 3.13. The molecule has 2 N–H and O–H groups in total. The molecule has 0 spiro atoms. The number of hydrogen-bond acceptors (Lipinski definition) is 3. The Balaban J connectivity index is 0.00000156. The molecule has 122 valence electrons. The first kappa shape index (κ1) is 16.3. The normalized spacial score (nSPS) is 21.5. The van der Waals surface area contributed by atoms with Crippen LogP contribution < -0.4 is 10.9 Å². The highest BCUT2D eigenvalue weighted by Crippen LogP contribution is 2.31. The van der Waals surface area contributed by atoms with Crippen molar-refractivity contribution in [3.8, 4) is 0 Å². The molecule has 1 aliphatic rings. The second-order valence-corrected chi connectivity index (χ2v) is 6.44. The van der Waals surface area contributed by atoms with E-state index >= 15 is 0 Å². The number of halogens is 2. The fourth-order valence-corrected chi connectivity index (χ4v) is 3.70. The van der Waals surface area contributed by atoms with E-state index in [1.165, 1.54) is 0 Å². The summed E-state index contributed by atoms with van der Waals surface area (Å²) in [5.41, 5.74) is 2.36. The predicted octanol–water partition coefficient (Wildman–Crippen LogP) is 3.11. The molecule has 0 saturated carbocycles. The van der Waals surface area contributed by atoms with Gasteiger partial charge in [-0.2, -0.15) is 5.10 Å². The predicted molar refractivity (Wildman–Crippen MR) is 95.0 cm³/mol. The summed E-state index contributed by atoms with van der Waals surface area (Å²) < 4.78 is 1.86. The van der Waals surface area contributed by atoms with Crippen LogP contribution in [0.2, 0.25) is 5.02 Å². The Bertz CT molecular complexity index is 917. The van der Waals surface area contributed by atoms with Gasteiger partial charge in [-0.05, 0) is 38.4 Å². The zero-order chi connectivity index (χ0) is 15.3. The molecule has 2 aromatic heterocycles. The van der Waals surface area contributed by atoms with Crippen molar-refractivity contribution in [1.82, 2.24) is 19.9 Å². The van der Waals surface area contributed by atoms with Crippen LogP contribution in [0.15, 0.2) is 29.1 Å². The lowest BCUT2D eigenvalue weighted by atomic mass is 9.90. The molecular formula is C16H18Cl2N4O. The van der Waals surface area contributed by atoms with E-state index < -0.39 is 0 Å². The maximum absolute atomic E-state index is 12.1. The van der Waals surface area contributed by atoms with Crippen LogP contribution >= 0.6 is 24.0 Å². The van der Waals surface area contributed by atoms with Crippen molar-refractivity contribution in [2.24, 2.45) is 0 Å². The Labute approximate surface area is 144 Å². The maximum atomic E-state index is 12.1. The lowest BCUT2D eigenvalue weighted by Gasteiger charge is -2.28. The molecule has 3 aromatic rings. The fraction of sp³-hybridized carbons (Fsp3) is 0.375. The third kappa shape index (κ3) is 2.73. The number of hydrogen-bond donors (Lipinski definition) is 2. The van der Waals surface area contributed by atoms with Crippen LogP contribution in [0.25, 0.3) is 16.6 Å². The summed E-state index contributed by atoms with van der Waals surface area (Å²) >= 11 is 6.31. The van der Waals surface area contributed by atoms with Gasteiger partial charge in [-0.1, -0.05) is 17.7 Å². The average molecular weight is 353 g/mol. The van der Waals surface area contributed by atoms with Gasteiger partial charge in [-0.25, -0.2) is 4.52 Å². The molecule has 0 amide bonds. The van der Waals surface area contributed by atoms with Crippen molar-refractivity contribution >= 4 is 40.6 Å². The minimum absolute atomic E-state index is 0. The van der Waals surface area contributed by atoms with Crippen molar-refractivity contribution in [2.75, 3.05) is 6.54 Å². The van der Waals surface area contributed by atoms with Gasteiger partial charge >= 0.3 is 0 Å². The third-order valence-electron chi connectivity index (χ3n) is 4.46. The number of rotatable bonds is 1. The second kappa shape index (κ2) is 6.15. The number of H-pyrrole nitrogens is 1. The minimum Gasteiger partial charge on any atom is -0.314 e. The standard InChI is InChI=1S/C16H17ClN4O.ClH/c1-9-7-10(5-6-18-9)13-8-14(22)19-16-15-11(17)3-2-4-12(15)20-21(13)16;/h2-4,8-10,18H,5-7H2,1H3,(H,19,22);1H/t9-,10-;/m1./s1. The SMILES string of the molecule is C[C@@H]1C[C@H](c2cc(=O)[nH]c3c4c(Cl)cccc4nn23)CCN1.Cl. The summed E-state index contributed by atoms with van der Waals surface area (Å²) in [7, 11) is 0. The molecule has 0 bridgehead atoms. The molecule has 0 aliphatic carbocycles. The van der Waals surface area contributed by atoms with Crippen LogP contribution in [-0.4, -0.2) is 27.2 Å². The van der Waals surface area contributed by atoms with Gasteiger partial charge in [-0.15, -0.1) is 12.4 Å². The number of fused-ring (bicyclic) bond motifs is 3. The number of aromatic amines is 1. The molecule has 3 heterocycles. The van der Waals surface area contributed by atoms with Gasteiger partial charge in [-0.3, -0.25) is 4.79 Å². The molecule has 0 unspecified atom stereocenters. The largest absolute Gasteiger partial charge is 0.314 e. The Hall–Kier alpha value is -1.56. The Morgan fingerprint density at radius 2 is 2.22 bits per heavy atom. The first-order valence-corrected chi connectivity index (χ1v) is 7.95. The van der Waals surface area contributed by atoms with Gasteiger partial charge in [0.1, 0.15) is 5.65 Å². The van der Waals surface area contributed by atoms with Crippen LogP contribution in [0, 0.1) is 0 Å². The van der Waals surface area contributed by atoms with Crippen molar-refractivity contribution in [2.45, 2.75) is 31.7 Å². The third-order valence-corrected chi connectivity index (χ3v) is 4.77. The highest BCUT2D eigenvalue weighted by Gasteiger charge is 2.24. The van der Waals surface area contributed by atoms with Crippen molar-refractivity contribution in [3.05, 3.63) is 45.3 Å². The first-order valence-electron chi connectivity index (χ1n) is 7.57. The van der Waals surface area contributed by atoms with Gasteiger partial charge in [0.25, 0.3) is 5.56 Å². The van der Waals surface area contributed by atoms with E-state index in [0.29, 0.717) is 22.6 Å². The number of nitrogens with one attached hydrogen (secondary N) is 2. The zero-order valence-electron chi connectivity index (χ0n) is 12.7. The first-order chi connectivity index (χ1) is 10.6. The fourth-order valence-electron chi connectivity index (χ4n) is 3.44. The number of piperidine rings is 1. The van der Waals surface area contributed by atoms with Crippen LogP contribution in [0.1, 0.15) is 31.4 Å². The molecule has 7 heteroatoms. The van der Waals surface area contributed by atoms with E-state index in [9.17, 15) is 4.79 Å². The minimum atomic E-state index is -0.101. The van der Waals surface area contributed by atoms with Crippen molar-refractivity contribution in [1.29, 1.82) is 0 Å². The van der Waals surface area contributed by atoms with Crippen molar-refractivity contribution < 1.29 is 0 Å². The van der Waals surface area contributed by atoms with E-state index in [2.05, 4.69) is 22.3 Å². The summed E-state index contributed by atoms with van der Waals surface area (Å²) in [6.07, 6.45) is 2.01. The quantitative estimate of drug-likeness (QED) is 0.707. The topological polar surface area (TPSA) is 62.2 Å². The highest BCUT2D eigenvalue weighted by molar-refractivity contribution is 6.36. The van der Waals surface area contributed by atoms with Crippen LogP contribution in [0.5, 0.6) is 0 Å². The summed E-state index contributed by atoms with van der Waals surface area (Å²) in [5, 5.41) is 9.52. The van der Waals surface area contributed by atoms with Gasteiger partial charge in [0.2, 0.25) is 0 Å². The summed E-state index contributed by atoms with van der Waals surface area (Å²) in [6, 6.07) is 7.74. The maximum Gasteiger partial charge on any atom is 0.251 e. The highest BCUT2D eigenvalue weighted by atomic mass is 35.5. The average Bonchev–Trinajstić information content (AvgIpc) is 2.86. The van der Waals surface area contributed by atoms with E-state index in [1.807, 2.05) is 22.7 Å². The Morgan fingerprint density at radius 1 is 1.39 bits per heavy atom. The summed E-state index contributed by atoms with van der Waals surface area (Å²) in [5.74, 6) is 0.328. The molecule has 1 aliphatic heterocycles. The molecular weight excluding hydrogens is 335 g/mol. The van der Waals surface area contributed by atoms with Crippen LogP contribution in [-0.2, 0) is 0 Å². The molecule has 23 heavy (non-hydrogen) atoms. The summed E-state index contributed by atoms with van der Waals surface area (Å²) in [4.78, 5) is 15.0. The molecule has 4 rings (SSSR count). The lowest BCUT2D eigenvalue weighted by Crippen LogP contribution is -2.35. The Kier molecular flexibility index (Phi) is 4.36. The number of nitrogens with zero attached hydrogens (tertiary/aromatic N) is 2. The monoisotopic (exact) mass is 352 g/mol. The van der Waals surface area contributed by atoms with Gasteiger partial charge in [0, 0.05) is 18.0 Å². The number of aromatic nitrogens is 3. The van der Waals surface area contributed by atoms with E-state index in [4.69, 9.17) is 11.6 Å². The number of benzene rings is 1. The van der Waals surface area contributed by atoms with E-state index in [-0.39, 0.29) is 18.0 Å². The van der Waals surface area contributed by atoms with Crippen molar-refractivity contribution in [3.63, 3.8) is 0 Å². The lowest BCUT2D eigenvalue weighted by molar-refractivity contribution is 0.372. The molecule has 1 fully saturated rings. The van der Waals surface area contributed by atoms with Gasteiger partial charge < -0.3 is 10.3 Å². The van der Waals surface area contributed by atoms with E-state index in [1.54, 1.807) is 6.07 Å². The molecule has 1 saturated heterocycles. The van der Waals surface area contributed by atoms with Crippen LogP contribution in [0.3, 0.4) is 0 Å². The zero-order valence-corrected chi connectivity index (χ0v) is 14.2. The molecule has 2 atom stereocenters. The van der Waals surface area contributed by atoms with Crippen LogP contribution in [0.4, 0.5) is 0 Å². The Morgan fingerprint density at radius 3 is 3.00 bits per heavy atom. The molecule has 5 nitrogen and oxygen atoms in total. The van der Waals surface area contributed by atoms with Gasteiger partial charge in [0.15, 0.2) is 0 Å². The second-order valence-electron chi connectivity index (χ2n) is 6.03. The van der Waals surface area contributed by atoms with Gasteiger partial charge in [0.05, 0.1) is 21.6 Å². The smallest absolute Gasteiger partial charge is 0.251 e. The molecule has 0 radical (unpaired) electrons.